The Kier molecular flexibility index (Phi) is 7.76. The summed E-state index contributed by atoms with van der Waals surface area (Å²) in [5, 5.41) is 9.95. The van der Waals surface area contributed by atoms with Crippen LogP contribution in [0.1, 0.15) is 29.2 Å². The summed E-state index contributed by atoms with van der Waals surface area (Å²) in [5.74, 6) is 0.510. The van der Waals surface area contributed by atoms with Gasteiger partial charge in [0.1, 0.15) is 5.82 Å². The lowest BCUT2D eigenvalue weighted by Gasteiger charge is -2.35. The van der Waals surface area contributed by atoms with Crippen LogP contribution in [0, 0.1) is 5.82 Å². The second-order valence-corrected chi connectivity index (χ2v) is 7.55. The third-order valence-electron chi connectivity index (χ3n) is 4.77. The minimum absolute atomic E-state index is 0.119. The van der Waals surface area contributed by atoms with Gasteiger partial charge in [-0.2, -0.15) is 0 Å². The number of aliphatic imine (C=N–C) groups is 1. The van der Waals surface area contributed by atoms with E-state index in [2.05, 4.69) is 37.8 Å². The molecule has 1 aliphatic rings. The van der Waals surface area contributed by atoms with Crippen molar-refractivity contribution in [2.75, 3.05) is 39.9 Å². The number of nitrogens with zero attached hydrogens (tertiary/aromatic N) is 3. The van der Waals surface area contributed by atoms with Gasteiger partial charge in [0.05, 0.1) is 36.5 Å². The Morgan fingerprint density at radius 2 is 2.04 bits per heavy atom. The van der Waals surface area contributed by atoms with Crippen molar-refractivity contribution in [2.24, 2.45) is 4.99 Å². The fourth-order valence-electron chi connectivity index (χ4n) is 3.21. The van der Waals surface area contributed by atoms with Crippen LogP contribution in [0.3, 0.4) is 0 Å². The number of morpholine rings is 1. The number of benzene rings is 1. The molecule has 1 fully saturated rings. The number of rotatable bonds is 7. The van der Waals surface area contributed by atoms with E-state index >= 15 is 0 Å². The van der Waals surface area contributed by atoms with Crippen LogP contribution in [-0.2, 0) is 17.7 Å². The van der Waals surface area contributed by atoms with E-state index in [4.69, 9.17) is 4.74 Å². The number of ether oxygens (including phenoxy) is 1. The number of aromatic nitrogens is 1. The van der Waals surface area contributed by atoms with Crippen LogP contribution in [0.4, 0.5) is 4.39 Å². The monoisotopic (exact) mass is 405 g/mol. The first-order chi connectivity index (χ1) is 13.7. The lowest BCUT2D eigenvalue weighted by molar-refractivity contribution is 0.0170. The first kappa shape index (κ1) is 20.7. The van der Waals surface area contributed by atoms with E-state index in [-0.39, 0.29) is 11.9 Å². The van der Waals surface area contributed by atoms with Gasteiger partial charge in [-0.25, -0.2) is 9.37 Å². The summed E-state index contributed by atoms with van der Waals surface area (Å²) in [5.41, 5.74) is 2.10. The maximum absolute atomic E-state index is 13.4. The molecule has 0 bridgehead atoms. The van der Waals surface area contributed by atoms with Gasteiger partial charge < -0.3 is 15.4 Å². The third-order valence-corrected chi connectivity index (χ3v) is 5.81. The molecule has 2 heterocycles. The van der Waals surface area contributed by atoms with E-state index in [1.165, 1.54) is 12.1 Å². The maximum atomic E-state index is 13.4. The molecule has 1 saturated heterocycles. The standard InChI is InChI=1S/C20H28FN5OS/c1-3-19-25-17(14-28-19)12-23-20(22-2)24-13-18(26-8-10-27-11-9-26)15-4-6-16(21)7-5-15/h4-7,14,18H,3,8-13H2,1-2H3,(H2,22,23,24). The second kappa shape index (κ2) is 10.5. The lowest BCUT2D eigenvalue weighted by atomic mass is 10.0. The fraction of sp³-hybridized carbons (Fsp3) is 0.500. The largest absolute Gasteiger partial charge is 0.379 e. The van der Waals surface area contributed by atoms with Gasteiger partial charge in [-0.05, 0) is 24.1 Å². The molecule has 1 aromatic carbocycles. The van der Waals surface area contributed by atoms with Crippen LogP contribution >= 0.6 is 11.3 Å². The molecule has 0 saturated carbocycles. The van der Waals surface area contributed by atoms with Crippen molar-refractivity contribution in [1.82, 2.24) is 20.5 Å². The van der Waals surface area contributed by atoms with Gasteiger partial charge in [0.25, 0.3) is 0 Å². The minimum Gasteiger partial charge on any atom is -0.379 e. The zero-order valence-electron chi connectivity index (χ0n) is 16.4. The molecule has 8 heteroatoms. The van der Waals surface area contributed by atoms with Crippen molar-refractivity contribution in [3.63, 3.8) is 0 Å². The van der Waals surface area contributed by atoms with E-state index in [0.29, 0.717) is 26.3 Å². The summed E-state index contributed by atoms with van der Waals surface area (Å²) in [6, 6.07) is 6.87. The second-order valence-electron chi connectivity index (χ2n) is 6.61. The molecule has 0 aliphatic carbocycles. The minimum atomic E-state index is -0.218. The molecule has 6 nitrogen and oxygen atoms in total. The molecule has 0 amide bonds. The number of halogens is 1. The first-order valence-electron chi connectivity index (χ1n) is 9.64. The van der Waals surface area contributed by atoms with Crippen molar-refractivity contribution in [1.29, 1.82) is 0 Å². The average molecular weight is 406 g/mol. The van der Waals surface area contributed by atoms with E-state index < -0.39 is 0 Å². The molecule has 1 aromatic heterocycles. The Bertz CT molecular complexity index is 758. The molecular weight excluding hydrogens is 377 g/mol. The Labute approximate surface area is 169 Å². The molecule has 2 N–H and O–H groups in total. The Balaban J connectivity index is 1.61. The van der Waals surface area contributed by atoms with Gasteiger partial charge in [-0.1, -0.05) is 19.1 Å². The van der Waals surface area contributed by atoms with Gasteiger partial charge in [0.2, 0.25) is 0 Å². The first-order valence-corrected chi connectivity index (χ1v) is 10.5. The summed E-state index contributed by atoms with van der Waals surface area (Å²) >= 11 is 1.68. The zero-order chi connectivity index (χ0) is 19.8. The molecule has 2 aromatic rings. The van der Waals surface area contributed by atoms with Crippen LogP contribution < -0.4 is 10.6 Å². The van der Waals surface area contributed by atoms with Gasteiger partial charge in [0, 0.05) is 32.1 Å². The topological polar surface area (TPSA) is 61.8 Å². The number of hydrogen-bond donors (Lipinski definition) is 2. The molecule has 28 heavy (non-hydrogen) atoms. The molecule has 1 unspecified atom stereocenters. The highest BCUT2D eigenvalue weighted by atomic mass is 32.1. The predicted octanol–water partition coefficient (Wildman–Crippen LogP) is 2.58. The Morgan fingerprint density at radius 3 is 2.68 bits per heavy atom. The highest BCUT2D eigenvalue weighted by Crippen LogP contribution is 2.21. The van der Waals surface area contributed by atoms with Crippen LogP contribution in [0.5, 0.6) is 0 Å². The number of nitrogens with one attached hydrogen (secondary N) is 2. The molecule has 3 rings (SSSR count). The van der Waals surface area contributed by atoms with Crippen molar-refractivity contribution in [3.8, 4) is 0 Å². The third kappa shape index (κ3) is 5.73. The molecular formula is C20H28FN5OS. The van der Waals surface area contributed by atoms with Crippen molar-refractivity contribution in [2.45, 2.75) is 25.9 Å². The number of guanidine groups is 1. The normalized spacial score (nSPS) is 16.8. The summed E-state index contributed by atoms with van der Waals surface area (Å²) in [6.45, 7) is 6.56. The smallest absolute Gasteiger partial charge is 0.191 e. The van der Waals surface area contributed by atoms with Crippen LogP contribution in [0.2, 0.25) is 0 Å². The summed E-state index contributed by atoms with van der Waals surface area (Å²) in [7, 11) is 1.76. The SMILES string of the molecule is CCc1nc(CNC(=NC)NCC(c2ccc(F)cc2)N2CCOCC2)cs1. The Hall–Kier alpha value is -2.03. The van der Waals surface area contributed by atoms with E-state index in [1.54, 1.807) is 18.4 Å². The lowest BCUT2D eigenvalue weighted by Crippen LogP contribution is -2.46. The van der Waals surface area contributed by atoms with E-state index in [0.717, 1.165) is 41.7 Å². The quantitative estimate of drug-likeness (QED) is 0.548. The molecule has 0 spiro atoms. The average Bonchev–Trinajstić information content (AvgIpc) is 3.20. The molecule has 1 aliphatic heterocycles. The van der Waals surface area contributed by atoms with Crippen molar-refractivity contribution >= 4 is 17.3 Å². The zero-order valence-corrected chi connectivity index (χ0v) is 17.3. The highest BCUT2D eigenvalue weighted by molar-refractivity contribution is 7.09. The van der Waals surface area contributed by atoms with Crippen molar-refractivity contribution in [3.05, 3.63) is 51.7 Å². The maximum Gasteiger partial charge on any atom is 0.191 e. The fourth-order valence-corrected chi connectivity index (χ4v) is 3.96. The van der Waals surface area contributed by atoms with Crippen LogP contribution in [0.15, 0.2) is 34.6 Å². The highest BCUT2D eigenvalue weighted by Gasteiger charge is 2.23. The van der Waals surface area contributed by atoms with E-state index in [1.807, 2.05) is 12.1 Å². The van der Waals surface area contributed by atoms with Gasteiger partial charge in [-0.3, -0.25) is 9.89 Å². The molecule has 0 radical (unpaired) electrons. The summed E-state index contributed by atoms with van der Waals surface area (Å²) in [6.07, 6.45) is 0.955. The number of thiazole rings is 1. The van der Waals surface area contributed by atoms with Gasteiger partial charge in [0.15, 0.2) is 5.96 Å². The Morgan fingerprint density at radius 1 is 1.29 bits per heavy atom. The number of hydrogen-bond acceptors (Lipinski definition) is 5. The van der Waals surface area contributed by atoms with Gasteiger partial charge in [-0.15, -0.1) is 11.3 Å². The molecule has 152 valence electrons. The summed E-state index contributed by atoms with van der Waals surface area (Å²) < 4.78 is 18.9. The summed E-state index contributed by atoms with van der Waals surface area (Å²) in [4.78, 5) is 11.3. The van der Waals surface area contributed by atoms with E-state index in [9.17, 15) is 4.39 Å². The van der Waals surface area contributed by atoms with Crippen LogP contribution in [0.25, 0.3) is 0 Å². The predicted molar refractivity (Wildman–Crippen MR) is 111 cm³/mol. The van der Waals surface area contributed by atoms with Gasteiger partial charge >= 0.3 is 0 Å². The number of aryl methyl sites for hydroxylation is 1. The molecule has 1 atom stereocenters. The van der Waals surface area contributed by atoms with Crippen molar-refractivity contribution < 1.29 is 9.13 Å². The van der Waals surface area contributed by atoms with Crippen LogP contribution in [-0.4, -0.2) is 55.7 Å².